The van der Waals surface area contributed by atoms with E-state index in [1.54, 1.807) is 31.4 Å². The van der Waals surface area contributed by atoms with E-state index in [1.807, 2.05) is 55.5 Å². The van der Waals surface area contributed by atoms with Gasteiger partial charge >= 0.3 is 0 Å². The number of ether oxygens (including phenoxy) is 2. The molecule has 4 nitrogen and oxygen atoms in total. The highest BCUT2D eigenvalue weighted by Crippen LogP contribution is 2.22. The summed E-state index contributed by atoms with van der Waals surface area (Å²) in [5.74, 6) is 1.36. The molecule has 0 aromatic heterocycles. The Hall–Kier alpha value is -2.98. The van der Waals surface area contributed by atoms with Crippen LogP contribution < -0.4 is 14.8 Å². The number of carbonyl (C=O) groups excluding carboxylic acids is 1. The summed E-state index contributed by atoms with van der Waals surface area (Å²) in [5.41, 5.74) is 2.55. The lowest BCUT2D eigenvalue weighted by atomic mass is 10.0. The van der Waals surface area contributed by atoms with Crippen molar-refractivity contribution in [2.24, 2.45) is 0 Å². The van der Waals surface area contributed by atoms with Crippen LogP contribution in [0.25, 0.3) is 0 Å². The maximum Gasteiger partial charge on any atom is 0.251 e. The van der Waals surface area contributed by atoms with Crippen molar-refractivity contribution in [3.05, 3.63) is 94.5 Å². The van der Waals surface area contributed by atoms with Gasteiger partial charge < -0.3 is 14.8 Å². The molecule has 0 aliphatic carbocycles. The minimum atomic E-state index is -0.120. The number of amides is 1. The number of nitrogens with one attached hydrogen (secondary N) is 1. The third-order valence-corrected chi connectivity index (χ3v) is 5.07. The van der Waals surface area contributed by atoms with Crippen LogP contribution in [0.2, 0.25) is 5.02 Å². The topological polar surface area (TPSA) is 47.6 Å². The number of hydrogen-bond donors (Lipinski definition) is 1. The van der Waals surface area contributed by atoms with Crippen molar-refractivity contribution in [2.75, 3.05) is 7.11 Å². The molecule has 3 aromatic carbocycles. The Morgan fingerprint density at radius 1 is 0.966 bits per heavy atom. The molecule has 0 radical (unpaired) electrons. The quantitative estimate of drug-likeness (QED) is 0.510. The average Bonchev–Trinajstić information content (AvgIpc) is 2.77. The van der Waals surface area contributed by atoms with E-state index in [0.717, 1.165) is 23.3 Å². The van der Waals surface area contributed by atoms with Gasteiger partial charge in [-0.15, -0.1) is 0 Å². The smallest absolute Gasteiger partial charge is 0.251 e. The fraction of sp³-hybridized carbons (Fsp3) is 0.208. The molecule has 1 N–H and O–H groups in total. The molecule has 0 aliphatic rings. The zero-order valence-corrected chi connectivity index (χ0v) is 17.3. The van der Waals surface area contributed by atoms with Crippen LogP contribution in [0, 0.1) is 0 Å². The molecular weight excluding hydrogens is 386 g/mol. The summed E-state index contributed by atoms with van der Waals surface area (Å²) in [4.78, 5) is 12.7. The molecule has 1 atom stereocenters. The minimum absolute atomic E-state index is 0.0652. The van der Waals surface area contributed by atoms with Gasteiger partial charge in [-0.2, -0.15) is 0 Å². The van der Waals surface area contributed by atoms with Gasteiger partial charge in [0.25, 0.3) is 5.91 Å². The van der Waals surface area contributed by atoms with Crippen molar-refractivity contribution in [3.8, 4) is 11.5 Å². The second kappa shape index (κ2) is 9.99. The first-order valence-corrected chi connectivity index (χ1v) is 9.89. The first kappa shape index (κ1) is 20.7. The molecule has 0 spiro atoms. The molecule has 150 valence electrons. The Kier molecular flexibility index (Phi) is 7.14. The standard InChI is InChI=1S/C24H24ClNO3/c1-3-23(17-8-12-20(28-2)13-9-17)26-24(27)18-10-14-21(15-11-18)29-16-19-6-4-5-7-22(19)25/h4-15,23H,3,16H2,1-2H3,(H,26,27)/t23-/m1/s1. The van der Waals surface area contributed by atoms with E-state index in [-0.39, 0.29) is 11.9 Å². The van der Waals surface area contributed by atoms with Crippen LogP contribution in [0.1, 0.15) is 40.9 Å². The minimum Gasteiger partial charge on any atom is -0.497 e. The van der Waals surface area contributed by atoms with Crippen LogP contribution >= 0.6 is 11.6 Å². The third-order valence-electron chi connectivity index (χ3n) is 4.70. The molecule has 0 fully saturated rings. The summed E-state index contributed by atoms with van der Waals surface area (Å²) in [5, 5.41) is 3.76. The molecule has 0 bridgehead atoms. The van der Waals surface area contributed by atoms with Gasteiger partial charge in [-0.25, -0.2) is 0 Å². The summed E-state index contributed by atoms with van der Waals surface area (Å²) in [6.45, 7) is 2.42. The van der Waals surface area contributed by atoms with Gasteiger partial charge in [0.05, 0.1) is 13.2 Å². The van der Waals surface area contributed by atoms with Crippen molar-refractivity contribution in [1.82, 2.24) is 5.32 Å². The number of halogens is 1. The van der Waals surface area contributed by atoms with E-state index in [9.17, 15) is 4.79 Å². The van der Waals surface area contributed by atoms with E-state index in [0.29, 0.717) is 22.9 Å². The van der Waals surface area contributed by atoms with Gasteiger partial charge in [0, 0.05) is 16.1 Å². The predicted molar refractivity (Wildman–Crippen MR) is 116 cm³/mol. The zero-order chi connectivity index (χ0) is 20.6. The number of carbonyl (C=O) groups is 1. The normalized spacial score (nSPS) is 11.6. The van der Waals surface area contributed by atoms with Gasteiger partial charge in [0.2, 0.25) is 0 Å². The van der Waals surface area contributed by atoms with Crippen molar-refractivity contribution >= 4 is 17.5 Å². The van der Waals surface area contributed by atoms with E-state index in [4.69, 9.17) is 21.1 Å². The molecule has 0 saturated heterocycles. The maximum atomic E-state index is 12.7. The summed E-state index contributed by atoms with van der Waals surface area (Å²) >= 11 is 6.15. The van der Waals surface area contributed by atoms with Crippen LogP contribution in [-0.2, 0) is 6.61 Å². The monoisotopic (exact) mass is 409 g/mol. The Labute approximate surface area is 176 Å². The van der Waals surface area contributed by atoms with E-state index in [1.165, 1.54) is 0 Å². The third kappa shape index (κ3) is 5.52. The Balaban J connectivity index is 1.60. The largest absolute Gasteiger partial charge is 0.497 e. The van der Waals surface area contributed by atoms with Gasteiger partial charge in [-0.05, 0) is 54.4 Å². The van der Waals surface area contributed by atoms with Crippen molar-refractivity contribution < 1.29 is 14.3 Å². The van der Waals surface area contributed by atoms with E-state index >= 15 is 0 Å². The van der Waals surface area contributed by atoms with Crippen LogP contribution in [0.15, 0.2) is 72.8 Å². The second-order valence-electron chi connectivity index (χ2n) is 6.61. The Bertz CT molecular complexity index is 939. The van der Waals surface area contributed by atoms with E-state index in [2.05, 4.69) is 5.32 Å². The van der Waals surface area contributed by atoms with Crippen LogP contribution in [-0.4, -0.2) is 13.0 Å². The molecule has 5 heteroatoms. The van der Waals surface area contributed by atoms with Gasteiger partial charge in [-0.3, -0.25) is 4.79 Å². The van der Waals surface area contributed by atoms with Crippen LogP contribution in [0.5, 0.6) is 11.5 Å². The average molecular weight is 410 g/mol. The maximum absolute atomic E-state index is 12.7. The Morgan fingerprint density at radius 3 is 2.24 bits per heavy atom. The lowest BCUT2D eigenvalue weighted by Crippen LogP contribution is -2.28. The SMILES string of the molecule is CC[C@@H](NC(=O)c1ccc(OCc2ccccc2Cl)cc1)c1ccc(OC)cc1. The first-order valence-electron chi connectivity index (χ1n) is 9.51. The van der Waals surface area contributed by atoms with Gasteiger partial charge in [-0.1, -0.05) is 48.9 Å². The zero-order valence-electron chi connectivity index (χ0n) is 16.5. The van der Waals surface area contributed by atoms with Crippen molar-refractivity contribution in [1.29, 1.82) is 0 Å². The van der Waals surface area contributed by atoms with Gasteiger partial charge in [0.15, 0.2) is 0 Å². The summed E-state index contributed by atoms with van der Waals surface area (Å²) < 4.78 is 11.0. The lowest BCUT2D eigenvalue weighted by molar-refractivity contribution is 0.0935. The summed E-state index contributed by atoms with van der Waals surface area (Å²) in [6, 6.07) is 22.3. The highest BCUT2D eigenvalue weighted by atomic mass is 35.5. The molecule has 0 aliphatic heterocycles. The number of benzene rings is 3. The summed E-state index contributed by atoms with van der Waals surface area (Å²) in [7, 11) is 1.63. The molecule has 29 heavy (non-hydrogen) atoms. The van der Waals surface area contributed by atoms with E-state index < -0.39 is 0 Å². The Morgan fingerprint density at radius 2 is 1.62 bits per heavy atom. The molecule has 0 saturated carbocycles. The molecule has 1 amide bonds. The number of rotatable bonds is 8. The molecule has 0 unspecified atom stereocenters. The lowest BCUT2D eigenvalue weighted by Gasteiger charge is -2.18. The molecule has 3 rings (SSSR count). The predicted octanol–water partition coefficient (Wildman–Crippen LogP) is 5.81. The molecule has 3 aromatic rings. The van der Waals surface area contributed by atoms with Crippen LogP contribution in [0.4, 0.5) is 0 Å². The number of hydrogen-bond acceptors (Lipinski definition) is 3. The first-order chi connectivity index (χ1) is 14.1. The van der Waals surface area contributed by atoms with Crippen LogP contribution in [0.3, 0.4) is 0 Å². The fourth-order valence-corrected chi connectivity index (χ4v) is 3.17. The van der Waals surface area contributed by atoms with Crippen molar-refractivity contribution in [3.63, 3.8) is 0 Å². The summed E-state index contributed by atoms with van der Waals surface area (Å²) in [6.07, 6.45) is 0.789. The fourth-order valence-electron chi connectivity index (χ4n) is 2.98. The van der Waals surface area contributed by atoms with Crippen molar-refractivity contribution in [2.45, 2.75) is 26.0 Å². The highest BCUT2D eigenvalue weighted by molar-refractivity contribution is 6.31. The second-order valence-corrected chi connectivity index (χ2v) is 7.02. The number of methoxy groups -OCH3 is 1. The van der Waals surface area contributed by atoms with Gasteiger partial charge in [0.1, 0.15) is 18.1 Å². The molecular formula is C24H24ClNO3. The molecule has 0 heterocycles. The highest BCUT2D eigenvalue weighted by Gasteiger charge is 2.14.